The van der Waals surface area contributed by atoms with Crippen LogP contribution >= 0.6 is 0 Å². The average molecular weight is 290 g/mol. The molecule has 0 atom stereocenters. The van der Waals surface area contributed by atoms with E-state index in [0.29, 0.717) is 12.0 Å². The second-order valence-electron chi connectivity index (χ2n) is 6.94. The third kappa shape index (κ3) is 4.94. The number of ketones is 2. The molecule has 2 heteroatoms. The Morgan fingerprint density at radius 3 is 2.43 bits per heavy atom. The molecule has 0 aromatic carbocycles. The van der Waals surface area contributed by atoms with Gasteiger partial charge in [0, 0.05) is 12.0 Å². The molecule has 0 saturated heterocycles. The van der Waals surface area contributed by atoms with E-state index in [1.165, 1.54) is 18.9 Å². The molecular weight excluding hydrogens is 260 g/mol. The van der Waals surface area contributed by atoms with Crippen molar-refractivity contribution in [2.24, 2.45) is 5.41 Å². The van der Waals surface area contributed by atoms with E-state index in [-0.39, 0.29) is 17.0 Å². The van der Waals surface area contributed by atoms with Crippen LogP contribution < -0.4 is 0 Å². The summed E-state index contributed by atoms with van der Waals surface area (Å²) in [5, 5.41) is 0. The Morgan fingerprint density at radius 1 is 1.24 bits per heavy atom. The van der Waals surface area contributed by atoms with E-state index in [9.17, 15) is 9.59 Å². The lowest BCUT2D eigenvalue weighted by Gasteiger charge is -2.35. The summed E-state index contributed by atoms with van der Waals surface area (Å²) in [5.41, 5.74) is 3.08. The second kappa shape index (κ2) is 7.72. The van der Waals surface area contributed by atoms with Crippen molar-refractivity contribution < 1.29 is 9.59 Å². The fourth-order valence-electron chi connectivity index (χ4n) is 3.38. The summed E-state index contributed by atoms with van der Waals surface area (Å²) in [4.78, 5) is 24.2. The summed E-state index contributed by atoms with van der Waals surface area (Å²) in [6.45, 7) is 10.2. The van der Waals surface area contributed by atoms with Crippen LogP contribution in [0.25, 0.3) is 0 Å². The van der Waals surface area contributed by atoms with Crippen LogP contribution in [0.2, 0.25) is 0 Å². The van der Waals surface area contributed by atoms with Gasteiger partial charge in [0.25, 0.3) is 0 Å². The van der Waals surface area contributed by atoms with Gasteiger partial charge >= 0.3 is 0 Å². The molecule has 0 aliphatic heterocycles. The van der Waals surface area contributed by atoms with Crippen molar-refractivity contribution in [2.75, 3.05) is 0 Å². The minimum atomic E-state index is -0.0319. The first-order chi connectivity index (χ1) is 9.79. The first-order valence-corrected chi connectivity index (χ1v) is 8.25. The Balaban J connectivity index is 3.14. The zero-order chi connectivity index (χ0) is 16.0. The number of carbonyl (C=O) groups excluding carboxylic acids is 2. The highest BCUT2D eigenvalue weighted by Gasteiger charge is 2.33. The van der Waals surface area contributed by atoms with Crippen LogP contribution in [0.3, 0.4) is 0 Å². The second-order valence-corrected chi connectivity index (χ2v) is 6.94. The van der Waals surface area contributed by atoms with Crippen molar-refractivity contribution in [3.8, 4) is 0 Å². The van der Waals surface area contributed by atoms with Gasteiger partial charge in [0.05, 0.1) is 0 Å². The van der Waals surface area contributed by atoms with Crippen LogP contribution in [0.5, 0.6) is 0 Å². The number of unbranched alkanes of at least 4 members (excludes halogenated alkanes) is 2. The van der Waals surface area contributed by atoms with Gasteiger partial charge in [0.2, 0.25) is 0 Å². The predicted molar refractivity (Wildman–Crippen MR) is 88.2 cm³/mol. The van der Waals surface area contributed by atoms with Gasteiger partial charge in [-0.25, -0.2) is 0 Å². The maximum Gasteiger partial charge on any atom is 0.163 e. The molecule has 21 heavy (non-hydrogen) atoms. The lowest BCUT2D eigenvalue weighted by molar-refractivity contribution is -0.116. The maximum absolute atomic E-state index is 12.6. The first kappa shape index (κ1) is 17.9. The van der Waals surface area contributed by atoms with E-state index in [1.54, 1.807) is 6.08 Å². The fraction of sp³-hybridized carbons (Fsp3) is 0.684. The van der Waals surface area contributed by atoms with Gasteiger partial charge < -0.3 is 0 Å². The average Bonchev–Trinajstić information content (AvgIpc) is 2.36. The summed E-state index contributed by atoms with van der Waals surface area (Å²) < 4.78 is 0. The number of carbonyl (C=O) groups is 2. The van der Waals surface area contributed by atoms with E-state index in [2.05, 4.69) is 27.7 Å². The molecule has 0 spiro atoms. The molecule has 0 unspecified atom stereocenters. The first-order valence-electron chi connectivity index (χ1n) is 8.25. The van der Waals surface area contributed by atoms with E-state index < -0.39 is 0 Å². The monoisotopic (exact) mass is 290 g/mol. The summed E-state index contributed by atoms with van der Waals surface area (Å²) in [6.07, 6.45) is 8.50. The third-order valence-electron chi connectivity index (χ3n) is 4.38. The quantitative estimate of drug-likeness (QED) is 0.478. The van der Waals surface area contributed by atoms with Crippen molar-refractivity contribution in [1.29, 1.82) is 0 Å². The van der Waals surface area contributed by atoms with Gasteiger partial charge in [-0.3, -0.25) is 9.59 Å². The molecule has 0 saturated carbocycles. The van der Waals surface area contributed by atoms with Crippen LogP contribution in [0.1, 0.15) is 79.6 Å². The lowest BCUT2D eigenvalue weighted by Crippen LogP contribution is -2.25. The SMILES string of the molecule is CCCCCC(=O)/C(=C/C(C)=O)C1=C(C)CCCC1(C)C. The van der Waals surface area contributed by atoms with Crippen molar-refractivity contribution >= 4 is 11.6 Å². The number of Topliss-reactive ketones (excluding diaryl/α,β-unsaturated/α-hetero) is 1. The molecule has 118 valence electrons. The fourth-order valence-corrected chi connectivity index (χ4v) is 3.38. The van der Waals surface area contributed by atoms with E-state index in [0.717, 1.165) is 37.7 Å². The molecule has 0 heterocycles. The maximum atomic E-state index is 12.6. The summed E-state index contributed by atoms with van der Waals surface area (Å²) in [6, 6.07) is 0. The summed E-state index contributed by atoms with van der Waals surface area (Å²) in [7, 11) is 0. The van der Waals surface area contributed by atoms with Crippen LogP contribution in [0, 0.1) is 5.41 Å². The Bertz CT molecular complexity index is 464. The number of hydrogen-bond donors (Lipinski definition) is 0. The highest BCUT2D eigenvalue weighted by molar-refractivity contribution is 6.05. The van der Waals surface area contributed by atoms with Crippen LogP contribution in [-0.2, 0) is 9.59 Å². The molecular formula is C19H30O2. The van der Waals surface area contributed by atoms with Crippen LogP contribution in [-0.4, -0.2) is 11.6 Å². The van der Waals surface area contributed by atoms with Crippen molar-refractivity contribution in [3.05, 3.63) is 22.8 Å². The molecule has 1 aliphatic carbocycles. The Kier molecular flexibility index (Phi) is 6.57. The van der Waals surface area contributed by atoms with Crippen LogP contribution in [0.15, 0.2) is 22.8 Å². The van der Waals surface area contributed by atoms with Gasteiger partial charge in [-0.15, -0.1) is 0 Å². The normalized spacial score (nSPS) is 18.8. The molecule has 0 radical (unpaired) electrons. The highest BCUT2D eigenvalue weighted by atomic mass is 16.1. The molecule has 1 rings (SSSR count). The van der Waals surface area contributed by atoms with Gasteiger partial charge in [-0.1, -0.05) is 39.2 Å². The molecule has 0 bridgehead atoms. The minimum absolute atomic E-state index is 0.00989. The Hall–Kier alpha value is -1.18. The minimum Gasteiger partial charge on any atom is -0.295 e. The van der Waals surface area contributed by atoms with Gasteiger partial charge in [-0.05, 0) is 56.6 Å². The third-order valence-corrected chi connectivity index (χ3v) is 4.38. The molecule has 0 aromatic rings. The zero-order valence-corrected chi connectivity index (χ0v) is 14.3. The number of rotatable bonds is 7. The van der Waals surface area contributed by atoms with E-state index in [1.807, 2.05) is 0 Å². The molecule has 0 N–H and O–H groups in total. The van der Waals surface area contributed by atoms with Crippen molar-refractivity contribution in [2.45, 2.75) is 79.6 Å². The molecule has 0 fully saturated rings. The van der Waals surface area contributed by atoms with Crippen molar-refractivity contribution in [3.63, 3.8) is 0 Å². The molecule has 2 nitrogen and oxygen atoms in total. The Labute approximate surface area is 129 Å². The predicted octanol–water partition coefficient (Wildman–Crippen LogP) is 5.18. The number of allylic oxidation sites excluding steroid dienone is 4. The van der Waals surface area contributed by atoms with Gasteiger partial charge in [0.1, 0.15) is 0 Å². The molecule has 0 aromatic heterocycles. The smallest absolute Gasteiger partial charge is 0.163 e. The highest BCUT2D eigenvalue weighted by Crippen LogP contribution is 2.44. The molecule has 1 aliphatic rings. The summed E-state index contributed by atoms with van der Waals surface area (Å²) >= 11 is 0. The lowest BCUT2D eigenvalue weighted by atomic mass is 9.69. The molecule has 0 amide bonds. The van der Waals surface area contributed by atoms with Gasteiger partial charge in [0.15, 0.2) is 11.6 Å². The number of hydrogen-bond acceptors (Lipinski definition) is 2. The zero-order valence-electron chi connectivity index (χ0n) is 14.3. The van der Waals surface area contributed by atoms with Crippen LogP contribution in [0.4, 0.5) is 0 Å². The van der Waals surface area contributed by atoms with Crippen molar-refractivity contribution in [1.82, 2.24) is 0 Å². The largest absolute Gasteiger partial charge is 0.295 e. The van der Waals surface area contributed by atoms with Gasteiger partial charge in [-0.2, -0.15) is 0 Å². The summed E-state index contributed by atoms with van der Waals surface area (Å²) in [5.74, 6) is 0.110. The van der Waals surface area contributed by atoms with E-state index in [4.69, 9.17) is 0 Å². The topological polar surface area (TPSA) is 34.1 Å². The van der Waals surface area contributed by atoms with E-state index >= 15 is 0 Å². The Morgan fingerprint density at radius 2 is 1.90 bits per heavy atom. The standard InChI is InChI=1S/C19H30O2/c1-6-7-8-11-17(21)16(13-15(3)20)18-14(2)10-9-12-19(18,4)5/h13H,6-12H2,1-5H3/b16-13-.